The van der Waals surface area contributed by atoms with Crippen molar-refractivity contribution in [2.45, 2.75) is 19.5 Å². The zero-order valence-corrected chi connectivity index (χ0v) is 28.4. The molecule has 0 N–H and O–H groups in total. The molecule has 1 atom stereocenters. The van der Waals surface area contributed by atoms with E-state index in [1.165, 1.54) is 11.3 Å². The van der Waals surface area contributed by atoms with E-state index in [-0.39, 0.29) is 24.5 Å². The van der Waals surface area contributed by atoms with Crippen LogP contribution in [0.25, 0.3) is 22.7 Å². The van der Waals surface area contributed by atoms with Gasteiger partial charge in [0.05, 0.1) is 28.5 Å². The van der Waals surface area contributed by atoms with Crippen LogP contribution in [0.3, 0.4) is 0 Å². The molecule has 2 aliphatic rings. The molecule has 244 valence electrons. The normalized spacial score (nSPS) is 15.4. The fourth-order valence-electron chi connectivity index (χ4n) is 6.33. The Bertz CT molecular complexity index is 2500. The number of halogens is 2. The van der Waals surface area contributed by atoms with Crippen LogP contribution >= 0.6 is 34.5 Å². The lowest BCUT2D eigenvalue weighted by Gasteiger charge is -2.26. The minimum Gasteiger partial charge on any atom is -0.463 e. The number of thiazole rings is 1. The number of aromatic nitrogens is 2. The molecule has 8 nitrogen and oxygen atoms in total. The summed E-state index contributed by atoms with van der Waals surface area (Å²) in [7, 11) is 0. The minimum absolute atomic E-state index is 0.0925. The van der Waals surface area contributed by atoms with Gasteiger partial charge in [-0.15, -0.1) is 0 Å². The van der Waals surface area contributed by atoms with E-state index in [2.05, 4.69) is 4.57 Å². The van der Waals surface area contributed by atoms with E-state index in [1.54, 1.807) is 23.6 Å². The van der Waals surface area contributed by atoms with Crippen LogP contribution in [0.4, 0.5) is 0 Å². The highest BCUT2D eigenvalue weighted by molar-refractivity contribution is 7.07. The zero-order valence-electron chi connectivity index (χ0n) is 26.1. The summed E-state index contributed by atoms with van der Waals surface area (Å²) in [5.41, 5.74) is 4.60. The lowest BCUT2D eigenvalue weighted by atomic mass is 9.93. The van der Waals surface area contributed by atoms with Crippen LogP contribution in [-0.4, -0.2) is 28.5 Å². The molecule has 0 saturated heterocycles. The van der Waals surface area contributed by atoms with Crippen LogP contribution in [0.5, 0.6) is 11.5 Å². The predicted molar refractivity (Wildman–Crippen MR) is 191 cm³/mol. The number of carbonyl (C=O) groups is 1. The van der Waals surface area contributed by atoms with Gasteiger partial charge in [0.1, 0.15) is 0 Å². The molecule has 0 bridgehead atoms. The fourth-order valence-corrected chi connectivity index (χ4v) is 7.79. The van der Waals surface area contributed by atoms with Gasteiger partial charge in [0.2, 0.25) is 6.79 Å². The first kappa shape index (κ1) is 31.2. The Kier molecular flexibility index (Phi) is 8.11. The van der Waals surface area contributed by atoms with Crippen LogP contribution < -0.4 is 24.4 Å². The van der Waals surface area contributed by atoms with Crippen molar-refractivity contribution in [1.29, 1.82) is 0 Å². The second-order valence-electron chi connectivity index (χ2n) is 11.5. The van der Waals surface area contributed by atoms with Gasteiger partial charge in [0.25, 0.3) is 5.56 Å². The Morgan fingerprint density at radius 2 is 1.80 bits per heavy atom. The van der Waals surface area contributed by atoms with Crippen LogP contribution in [0, 0.1) is 0 Å². The maximum Gasteiger partial charge on any atom is 0.338 e. The Morgan fingerprint density at radius 3 is 2.61 bits per heavy atom. The van der Waals surface area contributed by atoms with E-state index in [4.69, 9.17) is 42.4 Å². The highest BCUT2D eigenvalue weighted by Crippen LogP contribution is 2.40. The van der Waals surface area contributed by atoms with E-state index in [1.807, 2.05) is 91.1 Å². The number of para-hydroxylation sites is 1. The van der Waals surface area contributed by atoms with Gasteiger partial charge in [-0.1, -0.05) is 95.2 Å². The number of hydrogen-bond acceptors (Lipinski definition) is 7. The largest absolute Gasteiger partial charge is 0.463 e. The zero-order chi connectivity index (χ0) is 33.6. The van der Waals surface area contributed by atoms with Crippen molar-refractivity contribution in [2.75, 3.05) is 13.4 Å². The smallest absolute Gasteiger partial charge is 0.338 e. The summed E-state index contributed by atoms with van der Waals surface area (Å²) >= 11 is 14.0. The molecule has 11 heteroatoms. The van der Waals surface area contributed by atoms with E-state index < -0.39 is 12.0 Å². The van der Waals surface area contributed by atoms with Gasteiger partial charge in [-0.3, -0.25) is 9.36 Å². The molecular formula is C38H27Cl2N3O5S. The highest BCUT2D eigenvalue weighted by atomic mass is 35.5. The van der Waals surface area contributed by atoms with E-state index >= 15 is 0 Å². The molecule has 1 unspecified atom stereocenters. The number of esters is 1. The molecule has 0 fully saturated rings. The first-order valence-electron chi connectivity index (χ1n) is 15.6. The van der Waals surface area contributed by atoms with Gasteiger partial charge in [-0.25, -0.2) is 9.79 Å². The molecule has 0 radical (unpaired) electrons. The molecule has 2 aromatic heterocycles. The second kappa shape index (κ2) is 12.7. The monoisotopic (exact) mass is 707 g/mol. The maximum absolute atomic E-state index is 14.5. The van der Waals surface area contributed by atoms with Crippen LogP contribution in [0.15, 0.2) is 113 Å². The molecule has 4 heterocycles. The van der Waals surface area contributed by atoms with E-state index in [0.717, 1.165) is 27.6 Å². The number of ether oxygens (including phenoxy) is 3. The van der Waals surface area contributed by atoms with Gasteiger partial charge >= 0.3 is 5.97 Å². The number of fused-ring (bicyclic) bond motifs is 3. The molecule has 0 saturated carbocycles. The number of carbonyl (C=O) groups excluding carboxylic acids is 1. The topological polar surface area (TPSA) is 84.1 Å². The van der Waals surface area contributed by atoms with Crippen molar-refractivity contribution >= 4 is 63.2 Å². The average molecular weight is 709 g/mol. The first-order valence-corrected chi connectivity index (χ1v) is 17.2. The standard InChI is InChI=1S/C38H27Cl2N3O5S/c1-2-46-37(45)33-34(22-8-4-3-5-9-22)41-38-43(35(33)23-13-15-30-31(16-23)48-21-47-30)36(44)32(49-38)17-25-20-42(29-11-7-6-10-27(25)29)19-24-12-14-26(39)18-28(24)40/h3-18,20,35H,2,19,21H2,1H3. The fraction of sp³-hybridized carbons (Fsp3) is 0.132. The number of nitrogens with zero attached hydrogens (tertiary/aromatic N) is 3. The maximum atomic E-state index is 14.5. The molecule has 2 aliphatic heterocycles. The third-order valence-corrected chi connectivity index (χ3v) is 10.1. The van der Waals surface area contributed by atoms with Crippen molar-refractivity contribution in [2.24, 2.45) is 4.99 Å². The number of rotatable bonds is 7. The number of hydrogen-bond donors (Lipinski definition) is 0. The van der Waals surface area contributed by atoms with Crippen molar-refractivity contribution in [1.82, 2.24) is 9.13 Å². The highest BCUT2D eigenvalue weighted by Gasteiger charge is 2.36. The Labute approximate surface area is 294 Å². The Balaban J connectivity index is 1.34. The third-order valence-electron chi connectivity index (χ3n) is 8.55. The lowest BCUT2D eigenvalue weighted by Crippen LogP contribution is -2.40. The third kappa shape index (κ3) is 5.63. The van der Waals surface area contributed by atoms with Crippen LogP contribution in [0.2, 0.25) is 10.0 Å². The summed E-state index contributed by atoms with van der Waals surface area (Å²) < 4.78 is 21.0. The molecule has 0 aliphatic carbocycles. The van der Waals surface area contributed by atoms with Crippen molar-refractivity contribution in [3.05, 3.63) is 155 Å². The summed E-state index contributed by atoms with van der Waals surface area (Å²) in [6, 6.07) is 27.6. The predicted octanol–water partition coefficient (Wildman–Crippen LogP) is 6.97. The summed E-state index contributed by atoms with van der Waals surface area (Å²) in [6.07, 6.45) is 3.90. The first-order chi connectivity index (χ1) is 23.9. The summed E-state index contributed by atoms with van der Waals surface area (Å²) in [5.74, 6) is 0.582. The van der Waals surface area contributed by atoms with Gasteiger partial charge in [-0.2, -0.15) is 0 Å². The van der Waals surface area contributed by atoms with Gasteiger partial charge < -0.3 is 18.8 Å². The minimum atomic E-state index is -0.837. The van der Waals surface area contributed by atoms with Gasteiger partial charge in [0.15, 0.2) is 16.3 Å². The van der Waals surface area contributed by atoms with Crippen LogP contribution in [-0.2, 0) is 16.1 Å². The summed E-state index contributed by atoms with van der Waals surface area (Å²) in [5, 5.41) is 2.13. The van der Waals surface area contributed by atoms with Crippen molar-refractivity contribution in [3.63, 3.8) is 0 Å². The van der Waals surface area contributed by atoms with E-state index in [0.29, 0.717) is 48.7 Å². The molecular weight excluding hydrogens is 681 g/mol. The lowest BCUT2D eigenvalue weighted by molar-refractivity contribution is -0.138. The van der Waals surface area contributed by atoms with E-state index in [9.17, 15) is 9.59 Å². The molecule has 6 aromatic rings. The molecule has 49 heavy (non-hydrogen) atoms. The van der Waals surface area contributed by atoms with Gasteiger partial charge in [0, 0.05) is 44.8 Å². The summed E-state index contributed by atoms with van der Waals surface area (Å²) in [4.78, 5) is 33.8. The molecule has 8 rings (SSSR count). The quantitative estimate of drug-likeness (QED) is 0.167. The summed E-state index contributed by atoms with van der Waals surface area (Å²) in [6.45, 7) is 2.52. The SMILES string of the molecule is CCOC(=O)C1=C(c2ccccc2)N=c2sc(=Cc3cn(Cc4ccc(Cl)cc4Cl)c4ccccc34)c(=O)n2C1c1ccc2c(c1)OCO2. The Morgan fingerprint density at radius 1 is 1.00 bits per heavy atom. The second-order valence-corrected chi connectivity index (χ2v) is 13.4. The van der Waals surface area contributed by atoms with Crippen LogP contribution in [0.1, 0.15) is 35.2 Å². The van der Waals surface area contributed by atoms with Crippen molar-refractivity contribution in [3.8, 4) is 11.5 Å². The molecule has 0 amide bonds. The molecule has 0 spiro atoms. The van der Waals surface area contributed by atoms with Crippen molar-refractivity contribution < 1.29 is 19.0 Å². The molecule has 4 aromatic carbocycles. The average Bonchev–Trinajstić information content (AvgIpc) is 3.81. The Hall–Kier alpha value is -5.09. The van der Waals surface area contributed by atoms with Gasteiger partial charge in [-0.05, 0) is 54.5 Å². The number of benzene rings is 4.